The Morgan fingerprint density at radius 2 is 1.94 bits per heavy atom. The first-order valence-corrected chi connectivity index (χ1v) is 7.95. The quantitative estimate of drug-likeness (QED) is 0.636. The molecule has 1 aliphatic heterocycles. The molecule has 0 aromatic carbocycles. The monoisotopic (exact) mass is 255 g/mol. The van der Waals surface area contributed by atoms with Gasteiger partial charge in [-0.3, -0.25) is 0 Å². The molecule has 0 saturated carbocycles. The predicted molar refractivity (Wildman–Crippen MR) is 80.1 cm³/mol. The van der Waals surface area contributed by atoms with Crippen LogP contribution in [0, 0.1) is 5.92 Å². The molecular weight excluding hydrogens is 222 g/mol. The lowest BCUT2D eigenvalue weighted by Gasteiger charge is -2.32. The second kappa shape index (κ2) is 9.76. The molecule has 1 aliphatic rings. The van der Waals surface area contributed by atoms with Gasteiger partial charge in [-0.1, -0.05) is 27.2 Å². The summed E-state index contributed by atoms with van der Waals surface area (Å²) in [4.78, 5) is 5.11. The van der Waals surface area contributed by atoms with E-state index in [2.05, 4.69) is 35.9 Å². The Kier molecular flexibility index (Phi) is 8.64. The first-order chi connectivity index (χ1) is 8.80. The summed E-state index contributed by atoms with van der Waals surface area (Å²) in [5.74, 6) is 0.953. The number of likely N-dealkylation sites (N-methyl/N-ethyl adjacent to an activating group) is 1. The molecule has 1 rings (SSSR count). The normalized spacial score (nSPS) is 21.7. The molecule has 1 N–H and O–H groups in total. The maximum Gasteiger partial charge on any atom is 0.0107 e. The highest BCUT2D eigenvalue weighted by Gasteiger charge is 2.17. The Hall–Kier alpha value is -0.120. The van der Waals surface area contributed by atoms with Gasteiger partial charge >= 0.3 is 0 Å². The molecule has 0 aromatic rings. The molecule has 18 heavy (non-hydrogen) atoms. The minimum absolute atomic E-state index is 0.953. The molecule has 0 radical (unpaired) electrons. The SMILES string of the molecule is CCC1CCCN(CCNCCN(CC)CC)C1. The number of rotatable bonds is 9. The van der Waals surface area contributed by atoms with E-state index in [9.17, 15) is 0 Å². The van der Waals surface area contributed by atoms with Gasteiger partial charge in [0.2, 0.25) is 0 Å². The number of piperidine rings is 1. The van der Waals surface area contributed by atoms with E-state index in [1.54, 1.807) is 0 Å². The first-order valence-electron chi connectivity index (χ1n) is 7.95. The highest BCUT2D eigenvalue weighted by Crippen LogP contribution is 2.18. The van der Waals surface area contributed by atoms with Crippen LogP contribution in [0.25, 0.3) is 0 Å². The second-order valence-electron chi connectivity index (χ2n) is 5.49. The van der Waals surface area contributed by atoms with Crippen LogP contribution in [0.5, 0.6) is 0 Å². The summed E-state index contributed by atoms with van der Waals surface area (Å²) in [6, 6.07) is 0. The summed E-state index contributed by atoms with van der Waals surface area (Å²) >= 11 is 0. The van der Waals surface area contributed by atoms with Gasteiger partial charge in [-0.2, -0.15) is 0 Å². The number of hydrogen-bond donors (Lipinski definition) is 1. The van der Waals surface area contributed by atoms with Gasteiger partial charge in [-0.25, -0.2) is 0 Å². The summed E-state index contributed by atoms with van der Waals surface area (Å²) in [6.45, 7) is 16.5. The van der Waals surface area contributed by atoms with Gasteiger partial charge in [0.15, 0.2) is 0 Å². The van der Waals surface area contributed by atoms with E-state index in [1.807, 2.05) is 0 Å². The molecule has 1 saturated heterocycles. The number of nitrogens with one attached hydrogen (secondary N) is 1. The Morgan fingerprint density at radius 1 is 1.17 bits per heavy atom. The molecule has 0 bridgehead atoms. The zero-order valence-electron chi connectivity index (χ0n) is 12.7. The topological polar surface area (TPSA) is 18.5 Å². The van der Waals surface area contributed by atoms with Crippen molar-refractivity contribution in [2.45, 2.75) is 40.0 Å². The van der Waals surface area contributed by atoms with E-state index in [1.165, 1.54) is 58.5 Å². The molecule has 0 amide bonds. The lowest BCUT2D eigenvalue weighted by atomic mass is 9.96. The predicted octanol–water partition coefficient (Wildman–Crippen LogP) is 2.04. The summed E-state index contributed by atoms with van der Waals surface area (Å²) in [5.41, 5.74) is 0. The van der Waals surface area contributed by atoms with Crippen LogP contribution in [0.15, 0.2) is 0 Å². The van der Waals surface area contributed by atoms with Crippen molar-refractivity contribution < 1.29 is 0 Å². The largest absolute Gasteiger partial charge is 0.314 e. The Labute approximate surface area is 114 Å². The second-order valence-corrected chi connectivity index (χ2v) is 5.49. The van der Waals surface area contributed by atoms with Crippen molar-refractivity contribution in [3.63, 3.8) is 0 Å². The third-order valence-corrected chi connectivity index (χ3v) is 4.28. The smallest absolute Gasteiger partial charge is 0.0107 e. The Balaban J connectivity index is 2.00. The maximum absolute atomic E-state index is 3.58. The van der Waals surface area contributed by atoms with Crippen molar-refractivity contribution >= 4 is 0 Å². The summed E-state index contributed by atoms with van der Waals surface area (Å²) in [7, 11) is 0. The summed E-state index contributed by atoms with van der Waals surface area (Å²) < 4.78 is 0. The average Bonchev–Trinajstić information content (AvgIpc) is 2.43. The van der Waals surface area contributed by atoms with E-state index in [-0.39, 0.29) is 0 Å². The third-order valence-electron chi connectivity index (χ3n) is 4.28. The molecule has 1 atom stereocenters. The molecule has 3 nitrogen and oxygen atoms in total. The summed E-state index contributed by atoms with van der Waals surface area (Å²) in [5, 5.41) is 3.58. The Bertz CT molecular complexity index is 192. The highest BCUT2D eigenvalue weighted by molar-refractivity contribution is 4.72. The van der Waals surface area contributed by atoms with E-state index in [0.29, 0.717) is 0 Å². The van der Waals surface area contributed by atoms with Crippen LogP contribution in [0.1, 0.15) is 40.0 Å². The third kappa shape index (κ3) is 6.17. The van der Waals surface area contributed by atoms with Gasteiger partial charge in [-0.05, 0) is 38.4 Å². The minimum atomic E-state index is 0.953. The van der Waals surface area contributed by atoms with Crippen LogP contribution in [0.2, 0.25) is 0 Å². The van der Waals surface area contributed by atoms with Crippen molar-refractivity contribution in [3.05, 3.63) is 0 Å². The first kappa shape index (κ1) is 15.9. The van der Waals surface area contributed by atoms with Gasteiger partial charge in [0.25, 0.3) is 0 Å². The Morgan fingerprint density at radius 3 is 2.61 bits per heavy atom. The summed E-state index contributed by atoms with van der Waals surface area (Å²) in [6.07, 6.45) is 4.20. The number of hydrogen-bond acceptors (Lipinski definition) is 3. The van der Waals surface area contributed by atoms with Gasteiger partial charge in [-0.15, -0.1) is 0 Å². The molecule has 0 spiro atoms. The van der Waals surface area contributed by atoms with Crippen LogP contribution in [-0.2, 0) is 0 Å². The molecule has 108 valence electrons. The zero-order chi connectivity index (χ0) is 13.2. The molecular formula is C15H33N3. The van der Waals surface area contributed by atoms with Crippen LogP contribution < -0.4 is 5.32 Å². The van der Waals surface area contributed by atoms with E-state index in [0.717, 1.165) is 19.0 Å². The fourth-order valence-corrected chi connectivity index (χ4v) is 2.83. The fourth-order valence-electron chi connectivity index (χ4n) is 2.83. The lowest BCUT2D eigenvalue weighted by Crippen LogP contribution is -2.40. The van der Waals surface area contributed by atoms with Gasteiger partial charge in [0.05, 0.1) is 0 Å². The fraction of sp³-hybridized carbons (Fsp3) is 1.00. The van der Waals surface area contributed by atoms with Gasteiger partial charge in [0, 0.05) is 32.7 Å². The van der Waals surface area contributed by atoms with Crippen molar-refractivity contribution in [3.8, 4) is 0 Å². The maximum atomic E-state index is 3.58. The van der Waals surface area contributed by atoms with E-state index < -0.39 is 0 Å². The molecule has 1 unspecified atom stereocenters. The van der Waals surface area contributed by atoms with Crippen LogP contribution in [-0.4, -0.2) is 62.2 Å². The standard InChI is InChI=1S/C15H33N3/c1-4-15-8-7-11-18(14-15)13-10-16-9-12-17(5-2)6-3/h15-16H,4-14H2,1-3H3. The lowest BCUT2D eigenvalue weighted by molar-refractivity contribution is 0.172. The van der Waals surface area contributed by atoms with Crippen LogP contribution in [0.4, 0.5) is 0 Å². The van der Waals surface area contributed by atoms with Crippen LogP contribution >= 0.6 is 0 Å². The average molecular weight is 255 g/mol. The molecule has 3 heteroatoms. The van der Waals surface area contributed by atoms with Gasteiger partial charge < -0.3 is 15.1 Å². The number of nitrogens with zero attached hydrogens (tertiary/aromatic N) is 2. The van der Waals surface area contributed by atoms with E-state index in [4.69, 9.17) is 0 Å². The molecule has 1 fully saturated rings. The number of likely N-dealkylation sites (tertiary alicyclic amines) is 1. The van der Waals surface area contributed by atoms with Crippen molar-refractivity contribution in [1.82, 2.24) is 15.1 Å². The minimum Gasteiger partial charge on any atom is -0.314 e. The molecule has 1 heterocycles. The van der Waals surface area contributed by atoms with Crippen molar-refractivity contribution in [2.75, 3.05) is 52.4 Å². The van der Waals surface area contributed by atoms with Crippen molar-refractivity contribution in [1.29, 1.82) is 0 Å². The van der Waals surface area contributed by atoms with Gasteiger partial charge in [0.1, 0.15) is 0 Å². The van der Waals surface area contributed by atoms with Crippen LogP contribution in [0.3, 0.4) is 0 Å². The van der Waals surface area contributed by atoms with Crippen molar-refractivity contribution in [2.24, 2.45) is 5.92 Å². The highest BCUT2D eigenvalue weighted by atomic mass is 15.2. The van der Waals surface area contributed by atoms with E-state index >= 15 is 0 Å². The molecule has 0 aromatic heterocycles. The molecule has 0 aliphatic carbocycles. The zero-order valence-corrected chi connectivity index (χ0v) is 12.7.